The molecule has 3 heteroatoms. The molecule has 1 aromatic heterocycles. The zero-order valence-corrected chi connectivity index (χ0v) is 12.6. The van der Waals surface area contributed by atoms with Gasteiger partial charge in [0.2, 0.25) is 0 Å². The Balaban J connectivity index is 1.83. The molecule has 0 aliphatic carbocycles. The van der Waals surface area contributed by atoms with Crippen molar-refractivity contribution in [1.29, 1.82) is 0 Å². The summed E-state index contributed by atoms with van der Waals surface area (Å²) in [5.41, 5.74) is 2.06. The molecule has 0 amide bonds. The molecule has 114 valence electrons. The van der Waals surface area contributed by atoms with E-state index in [1.54, 1.807) is 6.26 Å². The molecule has 2 aromatic carbocycles. The molecule has 0 radical (unpaired) electrons. The number of para-hydroxylation sites is 1. The second-order valence-corrected chi connectivity index (χ2v) is 5.76. The summed E-state index contributed by atoms with van der Waals surface area (Å²) >= 11 is 0. The van der Waals surface area contributed by atoms with E-state index in [1.807, 2.05) is 72.8 Å². The van der Waals surface area contributed by atoms with Gasteiger partial charge < -0.3 is 9.32 Å². The summed E-state index contributed by atoms with van der Waals surface area (Å²) in [5.74, 6) is 1.06. The van der Waals surface area contributed by atoms with Crippen LogP contribution in [0.1, 0.15) is 29.8 Å². The molecule has 3 nitrogen and oxygen atoms in total. The summed E-state index contributed by atoms with van der Waals surface area (Å²) < 4.78 is 5.61. The SMILES string of the molecule is O=C1C[C@H](c2ccco2)N(c2ccccc2)[C@H]1c1ccccc1. The van der Waals surface area contributed by atoms with Gasteiger partial charge in [-0.25, -0.2) is 0 Å². The largest absolute Gasteiger partial charge is 0.467 e. The number of furan rings is 1. The predicted octanol–water partition coefficient (Wildman–Crippen LogP) is 4.54. The molecule has 0 bridgehead atoms. The smallest absolute Gasteiger partial charge is 0.162 e. The lowest BCUT2D eigenvalue weighted by Gasteiger charge is -2.30. The van der Waals surface area contributed by atoms with Gasteiger partial charge in [-0.1, -0.05) is 48.5 Å². The molecule has 0 unspecified atom stereocenters. The van der Waals surface area contributed by atoms with Gasteiger partial charge >= 0.3 is 0 Å². The summed E-state index contributed by atoms with van der Waals surface area (Å²) in [4.78, 5) is 15.0. The first kappa shape index (κ1) is 13.8. The van der Waals surface area contributed by atoms with Crippen LogP contribution in [0, 0.1) is 0 Å². The number of Topliss-reactive ketones (excluding diaryl/α,β-unsaturated/α-hetero) is 1. The molecule has 0 spiro atoms. The Morgan fingerprint density at radius 1 is 0.870 bits per heavy atom. The van der Waals surface area contributed by atoms with Crippen LogP contribution in [-0.2, 0) is 4.79 Å². The number of ketones is 1. The van der Waals surface area contributed by atoms with E-state index in [-0.39, 0.29) is 17.9 Å². The van der Waals surface area contributed by atoms with E-state index in [2.05, 4.69) is 4.90 Å². The number of anilines is 1. The first-order chi connectivity index (χ1) is 11.3. The van der Waals surface area contributed by atoms with Crippen molar-refractivity contribution in [3.05, 3.63) is 90.4 Å². The summed E-state index contributed by atoms with van der Waals surface area (Å²) in [6.07, 6.45) is 2.13. The van der Waals surface area contributed by atoms with E-state index >= 15 is 0 Å². The molecular formula is C20H17NO2. The van der Waals surface area contributed by atoms with Gasteiger partial charge in [-0.3, -0.25) is 4.79 Å². The van der Waals surface area contributed by atoms with Gasteiger partial charge in [0.05, 0.1) is 12.3 Å². The molecule has 1 saturated heterocycles. The third-order valence-electron chi connectivity index (χ3n) is 4.35. The van der Waals surface area contributed by atoms with Crippen molar-refractivity contribution in [2.75, 3.05) is 4.90 Å². The Kier molecular flexibility index (Phi) is 3.46. The Morgan fingerprint density at radius 2 is 1.57 bits per heavy atom. The standard InChI is InChI=1S/C20H17NO2/c22-18-14-17(19-12-7-13-23-19)21(16-10-5-2-6-11-16)20(18)15-8-3-1-4-9-15/h1-13,17,20H,14H2/t17-,20+/m1/s1. The predicted molar refractivity (Wildman–Crippen MR) is 89.2 cm³/mol. The highest BCUT2D eigenvalue weighted by molar-refractivity contribution is 5.93. The van der Waals surface area contributed by atoms with Gasteiger partial charge in [0.15, 0.2) is 5.78 Å². The first-order valence-electron chi connectivity index (χ1n) is 7.79. The normalized spacial score (nSPS) is 20.9. The molecule has 23 heavy (non-hydrogen) atoms. The first-order valence-corrected chi connectivity index (χ1v) is 7.79. The maximum atomic E-state index is 12.8. The van der Waals surface area contributed by atoms with E-state index in [0.29, 0.717) is 6.42 Å². The Morgan fingerprint density at radius 3 is 2.22 bits per heavy atom. The molecule has 2 atom stereocenters. The van der Waals surface area contributed by atoms with Crippen LogP contribution < -0.4 is 4.90 Å². The average molecular weight is 303 g/mol. The minimum absolute atomic E-state index is 0.0647. The minimum atomic E-state index is -0.270. The van der Waals surface area contributed by atoms with Crippen molar-refractivity contribution in [1.82, 2.24) is 0 Å². The van der Waals surface area contributed by atoms with Gasteiger partial charge in [-0.2, -0.15) is 0 Å². The lowest BCUT2D eigenvalue weighted by atomic mass is 10.0. The summed E-state index contributed by atoms with van der Waals surface area (Å²) in [7, 11) is 0. The number of nitrogens with zero attached hydrogens (tertiary/aromatic N) is 1. The van der Waals surface area contributed by atoms with Gasteiger partial charge in [0.1, 0.15) is 11.8 Å². The number of carbonyl (C=O) groups is 1. The highest BCUT2D eigenvalue weighted by Gasteiger charge is 2.42. The fourth-order valence-electron chi connectivity index (χ4n) is 3.37. The number of rotatable bonds is 3. The Labute approximate surface area is 135 Å². The topological polar surface area (TPSA) is 33.5 Å². The summed E-state index contributed by atoms with van der Waals surface area (Å²) in [6.45, 7) is 0. The highest BCUT2D eigenvalue weighted by Crippen LogP contribution is 2.44. The Hall–Kier alpha value is -2.81. The zero-order valence-electron chi connectivity index (χ0n) is 12.6. The van der Waals surface area contributed by atoms with Crippen LogP contribution in [0.15, 0.2) is 83.5 Å². The molecule has 4 rings (SSSR count). The number of benzene rings is 2. The van der Waals surface area contributed by atoms with Crippen LogP contribution in [0.25, 0.3) is 0 Å². The number of hydrogen-bond donors (Lipinski definition) is 0. The molecular weight excluding hydrogens is 286 g/mol. The van der Waals surface area contributed by atoms with Gasteiger partial charge in [-0.05, 0) is 29.8 Å². The molecule has 2 heterocycles. The van der Waals surface area contributed by atoms with E-state index in [1.165, 1.54) is 0 Å². The van der Waals surface area contributed by atoms with Crippen LogP contribution in [0.2, 0.25) is 0 Å². The second kappa shape index (κ2) is 5.76. The van der Waals surface area contributed by atoms with E-state index in [9.17, 15) is 4.79 Å². The summed E-state index contributed by atoms with van der Waals surface area (Å²) in [6, 6.07) is 23.5. The molecule has 0 saturated carbocycles. The molecule has 3 aromatic rings. The van der Waals surface area contributed by atoms with Crippen LogP contribution in [0.4, 0.5) is 5.69 Å². The lowest BCUT2D eigenvalue weighted by molar-refractivity contribution is -0.118. The third kappa shape index (κ3) is 2.44. The quantitative estimate of drug-likeness (QED) is 0.712. The van der Waals surface area contributed by atoms with Crippen molar-refractivity contribution in [3.8, 4) is 0 Å². The minimum Gasteiger partial charge on any atom is -0.467 e. The summed E-state index contributed by atoms with van der Waals surface area (Å²) in [5, 5.41) is 0. The van der Waals surface area contributed by atoms with Crippen LogP contribution in [0.3, 0.4) is 0 Å². The van der Waals surface area contributed by atoms with Crippen LogP contribution in [0.5, 0.6) is 0 Å². The van der Waals surface area contributed by atoms with Gasteiger partial charge in [0, 0.05) is 12.1 Å². The molecule has 1 aliphatic rings. The van der Waals surface area contributed by atoms with Gasteiger partial charge in [-0.15, -0.1) is 0 Å². The van der Waals surface area contributed by atoms with Crippen molar-refractivity contribution in [3.63, 3.8) is 0 Å². The molecule has 1 fully saturated rings. The van der Waals surface area contributed by atoms with Crippen molar-refractivity contribution >= 4 is 11.5 Å². The van der Waals surface area contributed by atoms with E-state index in [4.69, 9.17) is 4.42 Å². The van der Waals surface area contributed by atoms with E-state index in [0.717, 1.165) is 17.0 Å². The maximum Gasteiger partial charge on any atom is 0.162 e. The second-order valence-electron chi connectivity index (χ2n) is 5.76. The maximum absolute atomic E-state index is 12.8. The monoisotopic (exact) mass is 303 g/mol. The van der Waals surface area contributed by atoms with Gasteiger partial charge in [0.25, 0.3) is 0 Å². The zero-order chi connectivity index (χ0) is 15.6. The van der Waals surface area contributed by atoms with Crippen LogP contribution >= 0.6 is 0 Å². The fourth-order valence-corrected chi connectivity index (χ4v) is 3.37. The highest BCUT2D eigenvalue weighted by atomic mass is 16.3. The number of hydrogen-bond acceptors (Lipinski definition) is 3. The molecule has 1 aliphatic heterocycles. The Bertz CT molecular complexity index is 781. The lowest BCUT2D eigenvalue weighted by Crippen LogP contribution is -2.27. The third-order valence-corrected chi connectivity index (χ3v) is 4.35. The van der Waals surface area contributed by atoms with Crippen molar-refractivity contribution in [2.45, 2.75) is 18.5 Å². The van der Waals surface area contributed by atoms with E-state index < -0.39 is 0 Å². The average Bonchev–Trinajstić information content (AvgIpc) is 3.24. The van der Waals surface area contributed by atoms with Crippen LogP contribution in [-0.4, -0.2) is 5.78 Å². The van der Waals surface area contributed by atoms with Crippen molar-refractivity contribution in [2.24, 2.45) is 0 Å². The fraction of sp³-hybridized carbons (Fsp3) is 0.150. The van der Waals surface area contributed by atoms with Crippen molar-refractivity contribution < 1.29 is 9.21 Å². The number of carbonyl (C=O) groups excluding carboxylic acids is 1. The molecule has 0 N–H and O–H groups in total.